The molecule has 1 aliphatic heterocycles. The van der Waals surface area contributed by atoms with E-state index in [2.05, 4.69) is 6.07 Å². The van der Waals surface area contributed by atoms with Crippen LogP contribution in [0.25, 0.3) is 0 Å². The van der Waals surface area contributed by atoms with Crippen molar-refractivity contribution >= 4 is 17.5 Å². The maximum absolute atomic E-state index is 13.0. The molecule has 2 heterocycles. The highest BCUT2D eigenvalue weighted by molar-refractivity contribution is 6.01. The first kappa shape index (κ1) is 18.5. The van der Waals surface area contributed by atoms with E-state index in [0.717, 1.165) is 0 Å². The molecule has 1 atom stereocenters. The number of rotatable bonds is 7. The molecule has 2 aromatic rings. The van der Waals surface area contributed by atoms with E-state index >= 15 is 0 Å². The Hall–Kier alpha value is -3.27. The second-order valence-electron chi connectivity index (χ2n) is 6.32. The van der Waals surface area contributed by atoms with Crippen LogP contribution in [0.4, 0.5) is 5.69 Å². The lowest BCUT2D eigenvalue weighted by atomic mass is 10.1. The Morgan fingerprint density at radius 1 is 1.37 bits per heavy atom. The van der Waals surface area contributed by atoms with Gasteiger partial charge in [-0.15, -0.1) is 0 Å². The van der Waals surface area contributed by atoms with Crippen LogP contribution in [0.1, 0.15) is 18.6 Å². The molecule has 0 aliphatic carbocycles. The molecular formula is C20H21N3O4. The van der Waals surface area contributed by atoms with Crippen LogP contribution >= 0.6 is 0 Å². The van der Waals surface area contributed by atoms with Crippen LogP contribution in [-0.2, 0) is 16.1 Å². The molecule has 1 saturated heterocycles. The SMILES string of the molecule is COc1ccccc1N1CC(C(=O)N(CCC#N)Cc2ccco2)CC1=O. The summed E-state index contributed by atoms with van der Waals surface area (Å²) in [6, 6.07) is 12.9. The lowest BCUT2D eigenvalue weighted by molar-refractivity contribution is -0.136. The minimum Gasteiger partial charge on any atom is -0.495 e. The Kier molecular flexibility index (Phi) is 5.77. The zero-order valence-corrected chi connectivity index (χ0v) is 15.1. The quantitative estimate of drug-likeness (QED) is 0.751. The van der Waals surface area contributed by atoms with E-state index in [1.807, 2.05) is 12.1 Å². The maximum Gasteiger partial charge on any atom is 0.228 e. The van der Waals surface area contributed by atoms with Crippen LogP contribution in [0.2, 0.25) is 0 Å². The van der Waals surface area contributed by atoms with Crippen molar-refractivity contribution in [2.45, 2.75) is 19.4 Å². The maximum atomic E-state index is 13.0. The third kappa shape index (κ3) is 4.11. The fraction of sp³-hybridized carbons (Fsp3) is 0.350. The van der Waals surface area contributed by atoms with E-state index in [9.17, 15) is 9.59 Å². The van der Waals surface area contributed by atoms with Gasteiger partial charge in [0.2, 0.25) is 11.8 Å². The molecule has 1 fully saturated rings. The Morgan fingerprint density at radius 2 is 2.19 bits per heavy atom. The molecule has 0 radical (unpaired) electrons. The number of hydrogen-bond acceptors (Lipinski definition) is 5. The molecular weight excluding hydrogens is 346 g/mol. The topological polar surface area (TPSA) is 86.8 Å². The summed E-state index contributed by atoms with van der Waals surface area (Å²) in [7, 11) is 1.55. The van der Waals surface area contributed by atoms with Gasteiger partial charge in [0, 0.05) is 19.5 Å². The summed E-state index contributed by atoms with van der Waals surface area (Å²) < 4.78 is 10.7. The minimum absolute atomic E-state index is 0.115. The Morgan fingerprint density at radius 3 is 2.89 bits per heavy atom. The molecule has 0 saturated carbocycles. The number of methoxy groups -OCH3 is 1. The third-order valence-electron chi connectivity index (χ3n) is 4.58. The van der Waals surface area contributed by atoms with Crippen molar-refractivity contribution in [1.29, 1.82) is 5.26 Å². The number of nitriles is 1. The van der Waals surface area contributed by atoms with Gasteiger partial charge in [0.15, 0.2) is 0 Å². The summed E-state index contributed by atoms with van der Waals surface area (Å²) in [6.07, 6.45) is 1.91. The average Bonchev–Trinajstić information content (AvgIpc) is 3.34. The number of para-hydroxylation sites is 2. The number of anilines is 1. The second-order valence-corrected chi connectivity index (χ2v) is 6.32. The van der Waals surface area contributed by atoms with Gasteiger partial charge in [-0.1, -0.05) is 12.1 Å². The van der Waals surface area contributed by atoms with Gasteiger partial charge in [-0.25, -0.2) is 0 Å². The minimum atomic E-state index is -0.462. The fourth-order valence-electron chi connectivity index (χ4n) is 3.26. The van der Waals surface area contributed by atoms with E-state index < -0.39 is 5.92 Å². The van der Waals surface area contributed by atoms with E-state index in [0.29, 0.717) is 30.3 Å². The molecule has 2 amide bonds. The van der Waals surface area contributed by atoms with Gasteiger partial charge >= 0.3 is 0 Å². The monoisotopic (exact) mass is 367 g/mol. The van der Waals surface area contributed by atoms with Crippen molar-refractivity contribution in [3.05, 3.63) is 48.4 Å². The first-order chi connectivity index (χ1) is 13.1. The number of hydrogen-bond donors (Lipinski definition) is 0. The number of nitrogens with zero attached hydrogens (tertiary/aromatic N) is 3. The highest BCUT2D eigenvalue weighted by atomic mass is 16.5. The molecule has 7 heteroatoms. The molecule has 3 rings (SSSR count). The van der Waals surface area contributed by atoms with Gasteiger partial charge in [-0.05, 0) is 24.3 Å². The molecule has 1 aromatic carbocycles. The van der Waals surface area contributed by atoms with E-state index in [4.69, 9.17) is 14.4 Å². The van der Waals surface area contributed by atoms with Gasteiger partial charge in [0.25, 0.3) is 0 Å². The highest BCUT2D eigenvalue weighted by Crippen LogP contribution is 2.33. The first-order valence-corrected chi connectivity index (χ1v) is 8.75. The summed E-state index contributed by atoms with van der Waals surface area (Å²) >= 11 is 0. The lowest BCUT2D eigenvalue weighted by Crippen LogP contribution is -2.37. The molecule has 27 heavy (non-hydrogen) atoms. The normalized spacial score (nSPS) is 16.2. The summed E-state index contributed by atoms with van der Waals surface area (Å²) in [5, 5.41) is 8.89. The van der Waals surface area contributed by atoms with Gasteiger partial charge < -0.3 is 19.0 Å². The zero-order valence-electron chi connectivity index (χ0n) is 15.1. The molecule has 7 nitrogen and oxygen atoms in total. The van der Waals surface area contributed by atoms with Crippen molar-refractivity contribution in [3.63, 3.8) is 0 Å². The van der Waals surface area contributed by atoms with Crippen LogP contribution in [0.15, 0.2) is 47.1 Å². The zero-order chi connectivity index (χ0) is 19.2. The predicted molar refractivity (Wildman–Crippen MR) is 97.8 cm³/mol. The van der Waals surface area contributed by atoms with Crippen LogP contribution in [0.3, 0.4) is 0 Å². The predicted octanol–water partition coefficient (Wildman–Crippen LogP) is 2.58. The number of benzene rings is 1. The van der Waals surface area contributed by atoms with Gasteiger partial charge in [0.1, 0.15) is 11.5 Å². The number of ether oxygens (including phenoxy) is 1. The van der Waals surface area contributed by atoms with Crippen LogP contribution in [0.5, 0.6) is 5.75 Å². The van der Waals surface area contributed by atoms with Crippen LogP contribution < -0.4 is 9.64 Å². The van der Waals surface area contributed by atoms with Crippen LogP contribution in [-0.4, -0.2) is 36.9 Å². The lowest BCUT2D eigenvalue weighted by Gasteiger charge is -2.24. The summed E-state index contributed by atoms with van der Waals surface area (Å²) in [6.45, 7) is 0.876. The number of carbonyl (C=O) groups excluding carboxylic acids is 2. The molecule has 1 aliphatic rings. The smallest absolute Gasteiger partial charge is 0.228 e. The van der Waals surface area contributed by atoms with Crippen molar-refractivity contribution < 1.29 is 18.7 Å². The van der Waals surface area contributed by atoms with Gasteiger partial charge in [0.05, 0.1) is 44.0 Å². The average molecular weight is 367 g/mol. The molecule has 140 valence electrons. The third-order valence-corrected chi connectivity index (χ3v) is 4.58. The van der Waals surface area contributed by atoms with Crippen molar-refractivity contribution in [2.75, 3.05) is 25.1 Å². The van der Waals surface area contributed by atoms with E-state index in [1.165, 1.54) is 0 Å². The molecule has 0 N–H and O–H groups in total. The van der Waals surface area contributed by atoms with Crippen molar-refractivity contribution in [3.8, 4) is 11.8 Å². The number of carbonyl (C=O) groups is 2. The molecule has 0 spiro atoms. The van der Waals surface area contributed by atoms with E-state index in [1.54, 1.807) is 47.4 Å². The van der Waals surface area contributed by atoms with Crippen molar-refractivity contribution in [1.82, 2.24) is 4.90 Å². The molecule has 1 unspecified atom stereocenters. The Bertz CT molecular complexity index is 841. The highest BCUT2D eigenvalue weighted by Gasteiger charge is 2.38. The molecule has 0 bridgehead atoms. The first-order valence-electron chi connectivity index (χ1n) is 8.75. The largest absolute Gasteiger partial charge is 0.495 e. The Balaban J connectivity index is 1.75. The number of amides is 2. The Labute approximate surface area is 157 Å². The number of furan rings is 1. The standard InChI is InChI=1S/C20H21N3O4/c1-26-18-8-3-2-7-17(18)23-13-15(12-19(23)24)20(25)22(10-5-9-21)14-16-6-4-11-27-16/h2-4,6-8,11,15H,5,10,12-14H2,1H3. The summed E-state index contributed by atoms with van der Waals surface area (Å²) in [5.41, 5.74) is 0.662. The summed E-state index contributed by atoms with van der Waals surface area (Å²) in [5.74, 6) is 0.516. The fourth-order valence-corrected chi connectivity index (χ4v) is 3.26. The van der Waals surface area contributed by atoms with Gasteiger partial charge in [-0.2, -0.15) is 5.26 Å². The second kappa shape index (κ2) is 8.41. The van der Waals surface area contributed by atoms with Gasteiger partial charge in [-0.3, -0.25) is 9.59 Å². The van der Waals surface area contributed by atoms with Crippen LogP contribution in [0, 0.1) is 17.2 Å². The molecule has 1 aromatic heterocycles. The van der Waals surface area contributed by atoms with Crippen molar-refractivity contribution in [2.24, 2.45) is 5.92 Å². The van der Waals surface area contributed by atoms with E-state index in [-0.39, 0.29) is 31.2 Å². The summed E-state index contributed by atoms with van der Waals surface area (Å²) in [4.78, 5) is 28.7.